The van der Waals surface area contributed by atoms with Crippen molar-refractivity contribution >= 4 is 29.1 Å². The minimum Gasteiger partial charge on any atom is -0.454 e. The van der Waals surface area contributed by atoms with Crippen LogP contribution in [0.4, 0.5) is 29.1 Å². The molecule has 0 atom stereocenters. The molecule has 4 rings (SSSR count). The van der Waals surface area contributed by atoms with E-state index in [-0.39, 0.29) is 53.2 Å². The predicted octanol–water partition coefficient (Wildman–Crippen LogP) is 5.86. The standard InChI is InChI=1S/C28H23F4N3O4/c1-2-26(37)34-20-10-17(9-19(14-20)28(30,31)32)12-21(36)11-16-3-6-24(23(29)13-16)39-22-7-8-33-25(15-22)35-27(38)18-4-5-18/h2-3,6-10,13-15,18H,1,4-5,11-12H2,(H,34,37)(H,33,35,38). The quantitative estimate of drug-likeness (QED) is 0.248. The number of carbonyl (C=O) groups excluding carboxylic acids is 3. The summed E-state index contributed by atoms with van der Waals surface area (Å²) >= 11 is 0. The van der Waals surface area contributed by atoms with Crippen LogP contribution in [0.3, 0.4) is 0 Å². The highest BCUT2D eigenvalue weighted by Crippen LogP contribution is 2.33. The zero-order chi connectivity index (χ0) is 28.2. The lowest BCUT2D eigenvalue weighted by Crippen LogP contribution is -2.14. The molecule has 2 aromatic carbocycles. The van der Waals surface area contributed by atoms with Gasteiger partial charge in [-0.05, 0) is 66.4 Å². The van der Waals surface area contributed by atoms with Crippen molar-refractivity contribution in [1.29, 1.82) is 0 Å². The molecular formula is C28H23F4N3O4. The van der Waals surface area contributed by atoms with Crippen LogP contribution in [-0.2, 0) is 33.4 Å². The summed E-state index contributed by atoms with van der Waals surface area (Å²) in [6, 6.07) is 9.70. The largest absolute Gasteiger partial charge is 0.454 e. The number of pyridine rings is 1. The van der Waals surface area contributed by atoms with Gasteiger partial charge in [0.2, 0.25) is 11.8 Å². The van der Waals surface area contributed by atoms with Crippen molar-refractivity contribution < 1.29 is 36.7 Å². The Hall–Kier alpha value is -4.54. The topological polar surface area (TPSA) is 97.4 Å². The summed E-state index contributed by atoms with van der Waals surface area (Å²) in [5.74, 6) is -1.69. The monoisotopic (exact) mass is 541 g/mol. The SMILES string of the molecule is C=CC(=O)Nc1cc(CC(=O)Cc2ccc(Oc3ccnc(NC(=O)C4CC4)c3)c(F)c2)cc(C(F)(F)F)c1. The van der Waals surface area contributed by atoms with E-state index in [2.05, 4.69) is 22.2 Å². The first-order valence-corrected chi connectivity index (χ1v) is 11.9. The third kappa shape index (κ3) is 7.73. The Morgan fingerprint density at radius 3 is 2.41 bits per heavy atom. The fourth-order valence-electron chi connectivity index (χ4n) is 3.72. The van der Waals surface area contributed by atoms with Gasteiger partial charge in [-0.25, -0.2) is 9.37 Å². The summed E-state index contributed by atoms with van der Waals surface area (Å²) in [5, 5.41) is 4.94. The van der Waals surface area contributed by atoms with Crippen molar-refractivity contribution in [3.8, 4) is 11.5 Å². The first-order valence-electron chi connectivity index (χ1n) is 11.9. The van der Waals surface area contributed by atoms with Gasteiger partial charge >= 0.3 is 6.18 Å². The molecule has 2 amide bonds. The second-order valence-corrected chi connectivity index (χ2v) is 9.01. The average molecular weight is 542 g/mol. The van der Waals surface area contributed by atoms with E-state index in [1.807, 2.05) is 0 Å². The minimum atomic E-state index is -4.69. The predicted molar refractivity (Wildman–Crippen MR) is 135 cm³/mol. The molecule has 39 heavy (non-hydrogen) atoms. The Labute approximate surface area is 220 Å². The van der Waals surface area contributed by atoms with Gasteiger partial charge in [-0.15, -0.1) is 0 Å². The molecule has 0 radical (unpaired) electrons. The van der Waals surface area contributed by atoms with Crippen LogP contribution in [-0.4, -0.2) is 22.6 Å². The Bertz CT molecular complexity index is 1430. The van der Waals surface area contributed by atoms with E-state index < -0.39 is 29.2 Å². The number of hydrogen-bond acceptors (Lipinski definition) is 5. The fraction of sp³-hybridized carbons (Fsp3) is 0.214. The maximum atomic E-state index is 14.7. The zero-order valence-corrected chi connectivity index (χ0v) is 20.5. The van der Waals surface area contributed by atoms with Gasteiger partial charge in [-0.1, -0.05) is 12.6 Å². The van der Waals surface area contributed by atoms with Crippen LogP contribution >= 0.6 is 0 Å². The lowest BCUT2D eigenvalue weighted by atomic mass is 10.00. The maximum absolute atomic E-state index is 14.7. The number of anilines is 2. The number of aromatic nitrogens is 1. The Morgan fingerprint density at radius 2 is 1.74 bits per heavy atom. The molecular weight excluding hydrogens is 518 g/mol. The molecule has 2 N–H and O–H groups in total. The highest BCUT2D eigenvalue weighted by atomic mass is 19.4. The number of ether oxygens (including phenoxy) is 1. The van der Waals surface area contributed by atoms with Gasteiger partial charge in [0.15, 0.2) is 11.6 Å². The molecule has 1 aromatic heterocycles. The second kappa shape index (κ2) is 11.5. The summed E-state index contributed by atoms with van der Waals surface area (Å²) in [4.78, 5) is 40.1. The number of halogens is 4. The number of nitrogens with zero attached hydrogens (tertiary/aromatic N) is 1. The van der Waals surface area contributed by atoms with Gasteiger partial charge < -0.3 is 15.4 Å². The molecule has 0 aliphatic heterocycles. The van der Waals surface area contributed by atoms with Gasteiger partial charge in [0.1, 0.15) is 17.4 Å². The van der Waals surface area contributed by atoms with Crippen LogP contribution in [0.15, 0.2) is 67.4 Å². The Kier molecular flexibility index (Phi) is 8.08. The lowest BCUT2D eigenvalue weighted by molar-refractivity contribution is -0.137. The molecule has 0 spiro atoms. The van der Waals surface area contributed by atoms with E-state index in [4.69, 9.17) is 4.74 Å². The number of benzene rings is 2. The van der Waals surface area contributed by atoms with Gasteiger partial charge in [0.25, 0.3) is 0 Å². The van der Waals surface area contributed by atoms with Crippen molar-refractivity contribution in [2.24, 2.45) is 5.92 Å². The third-order valence-corrected chi connectivity index (χ3v) is 5.73. The fourth-order valence-corrected chi connectivity index (χ4v) is 3.72. The number of rotatable bonds is 10. The molecule has 7 nitrogen and oxygen atoms in total. The van der Waals surface area contributed by atoms with Gasteiger partial charge in [0.05, 0.1) is 5.56 Å². The van der Waals surface area contributed by atoms with E-state index >= 15 is 0 Å². The molecule has 11 heteroatoms. The van der Waals surface area contributed by atoms with Gasteiger partial charge in [-0.3, -0.25) is 14.4 Å². The number of amides is 2. The van der Waals surface area contributed by atoms with Crippen molar-refractivity contribution in [3.05, 3.63) is 89.9 Å². The molecule has 1 saturated carbocycles. The van der Waals surface area contributed by atoms with Crippen LogP contribution in [0.1, 0.15) is 29.5 Å². The number of ketones is 1. The number of nitrogens with one attached hydrogen (secondary N) is 2. The molecule has 1 aliphatic carbocycles. The van der Waals surface area contributed by atoms with Gasteiger partial charge in [-0.2, -0.15) is 13.2 Å². The summed E-state index contributed by atoms with van der Waals surface area (Å²) < 4.78 is 60.2. The third-order valence-electron chi connectivity index (χ3n) is 5.73. The summed E-state index contributed by atoms with van der Waals surface area (Å²) in [5.41, 5.74) is -0.816. The molecule has 1 aliphatic rings. The van der Waals surface area contributed by atoms with Crippen LogP contribution in [0.2, 0.25) is 0 Å². The summed E-state index contributed by atoms with van der Waals surface area (Å²) in [6.45, 7) is 3.26. The van der Waals surface area contributed by atoms with E-state index in [9.17, 15) is 31.9 Å². The Morgan fingerprint density at radius 1 is 1.00 bits per heavy atom. The summed E-state index contributed by atoms with van der Waals surface area (Å²) in [6.07, 6.45) is -1.32. The number of alkyl halides is 3. The van der Waals surface area contributed by atoms with E-state index in [0.29, 0.717) is 5.56 Å². The number of Topliss-reactive ketones (excluding diaryl/α,β-unsaturated/α-hetero) is 1. The second-order valence-electron chi connectivity index (χ2n) is 9.01. The van der Waals surface area contributed by atoms with Crippen LogP contribution in [0.5, 0.6) is 11.5 Å². The minimum absolute atomic E-state index is 0.0159. The highest BCUT2D eigenvalue weighted by molar-refractivity contribution is 5.99. The van der Waals surface area contributed by atoms with Crippen molar-refractivity contribution in [2.75, 3.05) is 10.6 Å². The molecule has 202 valence electrons. The van der Waals surface area contributed by atoms with Crippen molar-refractivity contribution in [1.82, 2.24) is 4.98 Å². The van der Waals surface area contributed by atoms with Gasteiger partial charge in [0, 0.05) is 36.7 Å². The molecule has 3 aromatic rings. The van der Waals surface area contributed by atoms with E-state index in [1.54, 1.807) is 0 Å². The molecule has 1 fully saturated rings. The maximum Gasteiger partial charge on any atom is 0.416 e. The van der Waals surface area contributed by atoms with Crippen LogP contribution in [0.25, 0.3) is 0 Å². The van der Waals surface area contributed by atoms with Crippen molar-refractivity contribution in [3.63, 3.8) is 0 Å². The highest BCUT2D eigenvalue weighted by Gasteiger charge is 2.32. The lowest BCUT2D eigenvalue weighted by Gasteiger charge is -2.13. The smallest absolute Gasteiger partial charge is 0.416 e. The summed E-state index contributed by atoms with van der Waals surface area (Å²) in [7, 11) is 0. The van der Waals surface area contributed by atoms with Crippen LogP contribution in [0, 0.1) is 11.7 Å². The first-order chi connectivity index (χ1) is 18.5. The van der Waals surface area contributed by atoms with Crippen LogP contribution < -0.4 is 15.4 Å². The van der Waals surface area contributed by atoms with E-state index in [0.717, 1.165) is 37.1 Å². The first kappa shape index (κ1) is 27.5. The van der Waals surface area contributed by atoms with Crippen molar-refractivity contribution in [2.45, 2.75) is 31.9 Å². The molecule has 0 bridgehead atoms. The molecule has 1 heterocycles. The number of carbonyl (C=O) groups is 3. The molecule has 0 unspecified atom stereocenters. The average Bonchev–Trinajstić information content (AvgIpc) is 3.71. The Balaban J connectivity index is 1.42. The number of hydrogen-bond donors (Lipinski definition) is 2. The zero-order valence-electron chi connectivity index (χ0n) is 20.5. The molecule has 0 saturated heterocycles. The van der Waals surface area contributed by atoms with E-state index in [1.165, 1.54) is 36.5 Å². The normalized spacial score (nSPS) is 12.9.